The van der Waals surface area contributed by atoms with Crippen LogP contribution >= 0.6 is 15.9 Å². The number of ether oxygens (including phenoxy) is 3. The van der Waals surface area contributed by atoms with Crippen LogP contribution in [-0.2, 0) is 25.6 Å². The molecule has 1 fully saturated rings. The summed E-state index contributed by atoms with van der Waals surface area (Å²) in [5.74, 6) is 0. The molecule has 33 heavy (non-hydrogen) atoms. The van der Waals surface area contributed by atoms with Crippen LogP contribution in [0.2, 0.25) is 0 Å². The highest BCUT2D eigenvalue weighted by molar-refractivity contribution is 9.09. The lowest BCUT2D eigenvalue weighted by atomic mass is 9.96. The summed E-state index contributed by atoms with van der Waals surface area (Å²) in [7, 11) is 0. The largest absolute Gasteiger partial charge is 0.366 e. The highest BCUT2D eigenvalue weighted by atomic mass is 79.9. The molecular weight excluding hydrogens is 480 g/mol. The van der Waals surface area contributed by atoms with Gasteiger partial charge in [-0.15, -0.1) is 0 Å². The van der Waals surface area contributed by atoms with Gasteiger partial charge in [0.1, 0.15) is 13.1 Å². The molecule has 182 valence electrons. The van der Waals surface area contributed by atoms with Gasteiger partial charge in [0.15, 0.2) is 0 Å². The first-order valence-corrected chi connectivity index (χ1v) is 13.0. The van der Waals surface area contributed by atoms with E-state index in [-0.39, 0.29) is 18.5 Å². The van der Waals surface area contributed by atoms with Gasteiger partial charge in [0, 0.05) is 5.33 Å². The van der Waals surface area contributed by atoms with Crippen molar-refractivity contribution in [3.63, 3.8) is 0 Å². The lowest BCUT2D eigenvalue weighted by Gasteiger charge is -2.09. The second kappa shape index (κ2) is 15.4. The van der Waals surface area contributed by atoms with Gasteiger partial charge >= 0.3 is 0 Å². The maximum atomic E-state index is 11.0. The van der Waals surface area contributed by atoms with E-state index in [4.69, 9.17) is 14.2 Å². The summed E-state index contributed by atoms with van der Waals surface area (Å²) in [6, 6.07) is 10.00. The minimum absolute atomic E-state index is 0.0465. The van der Waals surface area contributed by atoms with Crippen LogP contribution in [0.1, 0.15) is 64.9 Å². The van der Waals surface area contributed by atoms with Crippen molar-refractivity contribution in [1.29, 1.82) is 0 Å². The van der Waals surface area contributed by atoms with Gasteiger partial charge in [0.2, 0.25) is 0 Å². The minimum Gasteiger partial charge on any atom is -0.366 e. The molecule has 5 heteroatoms. The van der Waals surface area contributed by atoms with Crippen LogP contribution in [0.4, 0.5) is 0 Å². The van der Waals surface area contributed by atoms with Crippen molar-refractivity contribution in [3.05, 3.63) is 70.8 Å². The standard InChI is InChI=1S/C28H39BrO4/c1-23(9-7-10-24(2)19-29)11-8-17-28(3)27(33-28)15-14-26(16-18-30)21-32-22-31-20-25-12-5-4-6-13-25/h4-6,10-13,16,18,27H,7-9,14-15,17,19-22H2,1-3H3/b23-11+,24-10+,26-16+/t27-,28-/m1/s1. The SMILES string of the molecule is C/C(=C\CC/C(C)=C/CC[C@@]1(C)O[C@@H]1CC/C(=C\C=O)COCOCc1ccccc1)CBr. The van der Waals surface area contributed by atoms with Crippen LogP contribution in [0, 0.1) is 0 Å². The van der Waals surface area contributed by atoms with E-state index in [1.54, 1.807) is 6.08 Å². The Morgan fingerprint density at radius 2 is 1.85 bits per heavy atom. The molecule has 0 aromatic heterocycles. The molecule has 0 bridgehead atoms. The number of benzene rings is 1. The Balaban J connectivity index is 1.61. The topological polar surface area (TPSA) is 48.1 Å². The summed E-state index contributed by atoms with van der Waals surface area (Å²) >= 11 is 3.48. The summed E-state index contributed by atoms with van der Waals surface area (Å²) in [5, 5.41) is 0.949. The fourth-order valence-electron chi connectivity index (χ4n) is 3.76. The lowest BCUT2D eigenvalue weighted by Crippen LogP contribution is -2.10. The quantitative estimate of drug-likeness (QED) is 0.0420. The third kappa shape index (κ3) is 11.4. The molecule has 1 heterocycles. The Morgan fingerprint density at radius 1 is 1.09 bits per heavy atom. The maximum absolute atomic E-state index is 11.0. The van der Waals surface area contributed by atoms with Crippen LogP contribution in [0.3, 0.4) is 0 Å². The molecule has 1 aromatic rings. The van der Waals surface area contributed by atoms with Gasteiger partial charge in [-0.3, -0.25) is 4.79 Å². The monoisotopic (exact) mass is 518 g/mol. The van der Waals surface area contributed by atoms with Gasteiger partial charge in [-0.05, 0) is 76.5 Å². The summed E-state index contributed by atoms with van der Waals surface area (Å²) in [5.41, 5.74) is 4.88. The molecule has 0 amide bonds. The van der Waals surface area contributed by atoms with Gasteiger partial charge in [0.25, 0.3) is 0 Å². The van der Waals surface area contributed by atoms with Crippen LogP contribution in [-0.4, -0.2) is 36.7 Å². The highest BCUT2D eigenvalue weighted by Crippen LogP contribution is 2.43. The van der Waals surface area contributed by atoms with E-state index in [1.165, 1.54) is 11.1 Å². The Morgan fingerprint density at radius 3 is 2.58 bits per heavy atom. The Kier molecular flexibility index (Phi) is 12.9. The van der Waals surface area contributed by atoms with Crippen molar-refractivity contribution in [1.82, 2.24) is 0 Å². The first kappa shape index (κ1) is 27.7. The van der Waals surface area contributed by atoms with E-state index >= 15 is 0 Å². The molecule has 0 radical (unpaired) electrons. The maximum Gasteiger partial charge on any atom is 0.147 e. The Labute approximate surface area is 208 Å². The smallest absolute Gasteiger partial charge is 0.147 e. The molecule has 1 aliphatic heterocycles. The minimum atomic E-state index is -0.0465. The number of aldehydes is 1. The molecule has 1 aliphatic rings. The molecule has 0 N–H and O–H groups in total. The number of alkyl halides is 1. The molecule has 1 aromatic carbocycles. The molecule has 1 saturated heterocycles. The summed E-state index contributed by atoms with van der Waals surface area (Å²) < 4.78 is 17.2. The van der Waals surface area contributed by atoms with Crippen LogP contribution < -0.4 is 0 Å². The van der Waals surface area contributed by atoms with Gasteiger partial charge < -0.3 is 14.2 Å². The summed E-state index contributed by atoms with van der Waals surface area (Å²) in [6.07, 6.45) is 13.3. The molecule has 0 unspecified atom stereocenters. The van der Waals surface area contributed by atoms with Crippen LogP contribution in [0.25, 0.3) is 0 Å². The second-order valence-electron chi connectivity index (χ2n) is 9.03. The molecular formula is C28H39BrO4. The molecule has 2 rings (SSSR count). The number of epoxide rings is 1. The summed E-state index contributed by atoms with van der Waals surface area (Å²) in [4.78, 5) is 11.0. The number of rotatable bonds is 17. The lowest BCUT2D eigenvalue weighted by molar-refractivity contribution is -0.104. The van der Waals surface area contributed by atoms with Gasteiger partial charge in [-0.25, -0.2) is 0 Å². The zero-order valence-electron chi connectivity index (χ0n) is 20.4. The van der Waals surface area contributed by atoms with Gasteiger partial charge in [-0.1, -0.05) is 69.6 Å². The summed E-state index contributed by atoms with van der Waals surface area (Å²) in [6.45, 7) is 7.69. The number of allylic oxidation sites excluding steroid dienone is 5. The number of hydrogen-bond acceptors (Lipinski definition) is 4. The fraction of sp³-hybridized carbons (Fsp3) is 0.536. The van der Waals surface area contributed by atoms with Crippen molar-refractivity contribution in [2.45, 2.75) is 77.6 Å². The van der Waals surface area contributed by atoms with Crippen molar-refractivity contribution in [2.75, 3.05) is 18.7 Å². The number of carbonyl (C=O) groups excluding carboxylic acids is 1. The predicted molar refractivity (Wildman–Crippen MR) is 138 cm³/mol. The van der Waals surface area contributed by atoms with E-state index < -0.39 is 0 Å². The second-order valence-corrected chi connectivity index (χ2v) is 9.59. The van der Waals surface area contributed by atoms with E-state index in [0.717, 1.165) is 61.3 Å². The normalized spacial score (nSPS) is 21.3. The van der Waals surface area contributed by atoms with Crippen LogP contribution in [0.5, 0.6) is 0 Å². The number of hydrogen-bond donors (Lipinski definition) is 0. The third-order valence-electron chi connectivity index (χ3n) is 6.01. The van der Waals surface area contributed by atoms with E-state index in [1.807, 2.05) is 30.3 Å². The average molecular weight is 520 g/mol. The van der Waals surface area contributed by atoms with Gasteiger partial charge in [-0.2, -0.15) is 0 Å². The molecule has 0 spiro atoms. The van der Waals surface area contributed by atoms with Crippen molar-refractivity contribution < 1.29 is 19.0 Å². The predicted octanol–water partition coefficient (Wildman–Crippen LogP) is 7.09. The molecule has 0 aliphatic carbocycles. The number of halogens is 1. The zero-order valence-corrected chi connectivity index (χ0v) is 21.9. The zero-order chi connectivity index (χ0) is 23.9. The third-order valence-corrected chi connectivity index (χ3v) is 6.89. The fourth-order valence-corrected chi connectivity index (χ4v) is 3.99. The number of carbonyl (C=O) groups is 1. The first-order chi connectivity index (χ1) is 16.0. The van der Waals surface area contributed by atoms with Crippen molar-refractivity contribution in [2.24, 2.45) is 0 Å². The van der Waals surface area contributed by atoms with E-state index in [0.29, 0.717) is 13.2 Å². The van der Waals surface area contributed by atoms with Crippen molar-refractivity contribution in [3.8, 4) is 0 Å². The molecule has 2 atom stereocenters. The molecule has 0 saturated carbocycles. The molecule has 4 nitrogen and oxygen atoms in total. The highest BCUT2D eigenvalue weighted by Gasteiger charge is 2.50. The Hall–Kier alpha value is -1.53. The Bertz CT molecular complexity index is 799. The van der Waals surface area contributed by atoms with Crippen molar-refractivity contribution >= 4 is 22.2 Å². The first-order valence-electron chi connectivity index (χ1n) is 11.8. The van der Waals surface area contributed by atoms with Gasteiger partial charge in [0.05, 0.1) is 24.9 Å². The van der Waals surface area contributed by atoms with Crippen LogP contribution in [0.15, 0.2) is 65.3 Å². The van der Waals surface area contributed by atoms with E-state index in [9.17, 15) is 4.79 Å². The van der Waals surface area contributed by atoms with E-state index in [2.05, 4.69) is 48.9 Å². The average Bonchev–Trinajstić information content (AvgIpc) is 3.47.